The van der Waals surface area contributed by atoms with Crippen molar-refractivity contribution in [3.63, 3.8) is 0 Å². The number of anilines is 1. The summed E-state index contributed by atoms with van der Waals surface area (Å²) < 4.78 is 0. The molecule has 0 aliphatic heterocycles. The van der Waals surface area contributed by atoms with E-state index in [0.29, 0.717) is 0 Å². The van der Waals surface area contributed by atoms with Crippen molar-refractivity contribution in [3.8, 4) is 6.07 Å². The zero-order valence-electron chi connectivity index (χ0n) is 9.76. The van der Waals surface area contributed by atoms with Crippen LogP contribution in [-0.4, -0.2) is 7.05 Å². The minimum atomic E-state index is 0.757. The van der Waals surface area contributed by atoms with Crippen LogP contribution >= 0.6 is 0 Å². The van der Waals surface area contributed by atoms with E-state index in [0.717, 1.165) is 16.8 Å². The molecule has 0 unspecified atom stereocenters. The molecule has 0 fully saturated rings. The van der Waals surface area contributed by atoms with Crippen LogP contribution in [0, 0.1) is 25.2 Å². The first-order valence-corrected chi connectivity index (χ1v) is 5.29. The zero-order chi connectivity index (χ0) is 11.7. The molecule has 0 aliphatic rings. The third-order valence-corrected chi connectivity index (χ3v) is 2.98. The van der Waals surface area contributed by atoms with Gasteiger partial charge in [0.05, 0.1) is 11.6 Å². The predicted octanol–water partition coefficient (Wildman–Crippen LogP) is 3.37. The molecule has 0 atom stereocenters. The molecule has 0 aromatic heterocycles. The van der Waals surface area contributed by atoms with E-state index in [4.69, 9.17) is 5.26 Å². The molecule has 2 nitrogen and oxygen atoms in total. The molecule has 0 bridgehead atoms. The van der Waals surface area contributed by atoms with Gasteiger partial charge in [-0.25, -0.2) is 0 Å². The van der Waals surface area contributed by atoms with Gasteiger partial charge in [0.15, 0.2) is 0 Å². The highest BCUT2D eigenvalue weighted by molar-refractivity contribution is 5.92. The molecule has 2 aromatic rings. The van der Waals surface area contributed by atoms with Crippen molar-refractivity contribution in [2.75, 3.05) is 12.4 Å². The maximum Gasteiger partial charge on any atom is 0.0994 e. The van der Waals surface area contributed by atoms with Crippen LogP contribution in [0.3, 0.4) is 0 Å². The molecular weight excluding hydrogens is 196 g/mol. The third kappa shape index (κ3) is 1.51. The Bertz CT molecular complexity index is 592. The Morgan fingerprint density at radius 3 is 2.56 bits per heavy atom. The summed E-state index contributed by atoms with van der Waals surface area (Å²) in [6.07, 6.45) is 0. The average Bonchev–Trinajstić information content (AvgIpc) is 2.28. The standard InChI is InChI=1S/C14H14N2/c1-9-6-13(16-3)7-11-4-5-12(8-15)10(2)14(9)11/h4-7,16H,1-3H3. The Morgan fingerprint density at radius 2 is 1.94 bits per heavy atom. The lowest BCUT2D eigenvalue weighted by Gasteiger charge is -2.10. The fourth-order valence-corrected chi connectivity index (χ4v) is 2.16. The first-order valence-electron chi connectivity index (χ1n) is 5.29. The molecule has 1 N–H and O–H groups in total. The van der Waals surface area contributed by atoms with Gasteiger partial charge in [0.1, 0.15) is 0 Å². The lowest BCUT2D eigenvalue weighted by atomic mass is 9.96. The topological polar surface area (TPSA) is 35.8 Å². The number of nitrogens with one attached hydrogen (secondary N) is 1. The molecule has 0 spiro atoms. The van der Waals surface area contributed by atoms with Crippen LogP contribution in [0.2, 0.25) is 0 Å². The Hall–Kier alpha value is -2.01. The van der Waals surface area contributed by atoms with Gasteiger partial charge in [-0.15, -0.1) is 0 Å². The average molecular weight is 210 g/mol. The van der Waals surface area contributed by atoms with Gasteiger partial charge in [0.25, 0.3) is 0 Å². The van der Waals surface area contributed by atoms with Crippen LogP contribution in [0.15, 0.2) is 24.3 Å². The van der Waals surface area contributed by atoms with Crippen molar-refractivity contribution >= 4 is 16.5 Å². The largest absolute Gasteiger partial charge is 0.388 e. The van der Waals surface area contributed by atoms with E-state index in [-0.39, 0.29) is 0 Å². The second kappa shape index (κ2) is 3.86. The van der Waals surface area contributed by atoms with Gasteiger partial charge in [-0.05, 0) is 53.9 Å². The summed E-state index contributed by atoms with van der Waals surface area (Å²) in [4.78, 5) is 0. The van der Waals surface area contributed by atoms with Gasteiger partial charge in [0.2, 0.25) is 0 Å². The second-order valence-electron chi connectivity index (χ2n) is 3.99. The van der Waals surface area contributed by atoms with E-state index < -0.39 is 0 Å². The monoisotopic (exact) mass is 210 g/mol. The molecule has 16 heavy (non-hydrogen) atoms. The van der Waals surface area contributed by atoms with Crippen LogP contribution in [0.25, 0.3) is 10.8 Å². The lowest BCUT2D eigenvalue weighted by molar-refractivity contribution is 1.40. The van der Waals surface area contributed by atoms with E-state index in [9.17, 15) is 0 Å². The Kier molecular flexibility index (Phi) is 2.54. The molecule has 0 aliphatic carbocycles. The molecule has 0 heterocycles. The van der Waals surface area contributed by atoms with Crippen LogP contribution in [-0.2, 0) is 0 Å². The quantitative estimate of drug-likeness (QED) is 0.783. The highest BCUT2D eigenvalue weighted by Crippen LogP contribution is 2.28. The van der Waals surface area contributed by atoms with Gasteiger partial charge in [-0.1, -0.05) is 6.07 Å². The summed E-state index contributed by atoms with van der Waals surface area (Å²) >= 11 is 0. The van der Waals surface area contributed by atoms with Crippen molar-refractivity contribution < 1.29 is 0 Å². The molecule has 0 saturated carbocycles. The molecule has 0 radical (unpaired) electrons. The Balaban J connectivity index is 2.86. The van der Waals surface area contributed by atoms with Crippen molar-refractivity contribution in [2.45, 2.75) is 13.8 Å². The fourth-order valence-electron chi connectivity index (χ4n) is 2.16. The van der Waals surface area contributed by atoms with E-state index in [1.807, 2.05) is 26.1 Å². The normalized spacial score (nSPS) is 10.1. The molecule has 2 aromatic carbocycles. The van der Waals surface area contributed by atoms with Crippen LogP contribution in [0.5, 0.6) is 0 Å². The smallest absolute Gasteiger partial charge is 0.0994 e. The Labute approximate surface area is 95.5 Å². The minimum absolute atomic E-state index is 0.757. The SMILES string of the molecule is CNc1cc(C)c2c(C)c(C#N)ccc2c1. The van der Waals surface area contributed by atoms with Gasteiger partial charge in [-0.2, -0.15) is 5.26 Å². The number of nitrogens with zero attached hydrogens (tertiary/aromatic N) is 1. The fraction of sp³-hybridized carbons (Fsp3) is 0.214. The van der Waals surface area contributed by atoms with Crippen LogP contribution in [0.4, 0.5) is 5.69 Å². The Morgan fingerprint density at radius 1 is 1.19 bits per heavy atom. The summed E-state index contributed by atoms with van der Waals surface area (Å²) in [6.45, 7) is 4.09. The summed E-state index contributed by atoms with van der Waals surface area (Å²) in [5, 5.41) is 14.5. The minimum Gasteiger partial charge on any atom is -0.388 e. The number of nitriles is 1. The number of hydrogen-bond acceptors (Lipinski definition) is 2. The van der Waals surface area contributed by atoms with Crippen LogP contribution < -0.4 is 5.32 Å². The predicted molar refractivity (Wildman–Crippen MR) is 67.7 cm³/mol. The van der Waals surface area contributed by atoms with Gasteiger partial charge >= 0.3 is 0 Å². The molecular formula is C14H14N2. The van der Waals surface area contributed by atoms with Gasteiger partial charge in [0, 0.05) is 12.7 Å². The number of fused-ring (bicyclic) bond motifs is 1. The van der Waals surface area contributed by atoms with E-state index in [1.54, 1.807) is 0 Å². The summed E-state index contributed by atoms with van der Waals surface area (Å²) in [5.74, 6) is 0. The van der Waals surface area contributed by atoms with E-state index in [1.165, 1.54) is 16.3 Å². The van der Waals surface area contributed by atoms with Gasteiger partial charge in [-0.3, -0.25) is 0 Å². The maximum absolute atomic E-state index is 9.01. The van der Waals surface area contributed by atoms with Crippen LogP contribution in [0.1, 0.15) is 16.7 Å². The lowest BCUT2D eigenvalue weighted by Crippen LogP contribution is -1.92. The number of aryl methyl sites for hydroxylation is 2. The first-order chi connectivity index (χ1) is 7.67. The zero-order valence-corrected chi connectivity index (χ0v) is 9.76. The van der Waals surface area contributed by atoms with Crippen molar-refractivity contribution in [3.05, 3.63) is 41.0 Å². The second-order valence-corrected chi connectivity index (χ2v) is 3.99. The third-order valence-electron chi connectivity index (χ3n) is 2.98. The van der Waals surface area contributed by atoms with E-state index >= 15 is 0 Å². The van der Waals surface area contributed by atoms with Crippen molar-refractivity contribution in [1.29, 1.82) is 5.26 Å². The first kappa shape index (κ1) is 10.5. The molecule has 80 valence electrons. The molecule has 2 rings (SSSR count). The number of hydrogen-bond donors (Lipinski definition) is 1. The highest BCUT2D eigenvalue weighted by atomic mass is 14.8. The highest BCUT2D eigenvalue weighted by Gasteiger charge is 2.06. The van der Waals surface area contributed by atoms with Crippen molar-refractivity contribution in [1.82, 2.24) is 0 Å². The molecule has 0 saturated heterocycles. The summed E-state index contributed by atoms with van der Waals surface area (Å²) in [6, 6.07) is 10.3. The van der Waals surface area contributed by atoms with E-state index in [2.05, 4.69) is 30.4 Å². The maximum atomic E-state index is 9.01. The van der Waals surface area contributed by atoms with Crippen molar-refractivity contribution in [2.24, 2.45) is 0 Å². The summed E-state index contributed by atoms with van der Waals surface area (Å²) in [5.41, 5.74) is 4.14. The number of rotatable bonds is 1. The molecule has 0 amide bonds. The van der Waals surface area contributed by atoms with Gasteiger partial charge < -0.3 is 5.32 Å². The molecule has 2 heteroatoms. The summed E-state index contributed by atoms with van der Waals surface area (Å²) in [7, 11) is 1.91. The number of benzene rings is 2.